The molecule has 4 nitrogen and oxygen atoms in total. The largest absolute Gasteiger partial charge is 0.371 e. The van der Waals surface area contributed by atoms with Gasteiger partial charge in [-0.1, -0.05) is 29.8 Å². The van der Waals surface area contributed by atoms with Crippen LogP contribution in [0.15, 0.2) is 47.4 Å². The molecule has 0 aromatic heterocycles. The Labute approximate surface area is 162 Å². The molecule has 1 fully saturated rings. The maximum Gasteiger partial charge on any atom is 0.178 e. The van der Waals surface area contributed by atoms with Crippen molar-refractivity contribution < 1.29 is 8.42 Å². The van der Waals surface area contributed by atoms with Crippen LogP contribution in [0.1, 0.15) is 29.5 Å². The lowest BCUT2D eigenvalue weighted by atomic mass is 9.94. The normalized spacial score (nSPS) is 18.3. The molecule has 0 bridgehead atoms. The molecule has 2 aliphatic rings. The van der Waals surface area contributed by atoms with Gasteiger partial charge in [-0.2, -0.15) is 0 Å². The van der Waals surface area contributed by atoms with E-state index in [0.717, 1.165) is 51.0 Å². The van der Waals surface area contributed by atoms with Crippen LogP contribution in [0.4, 0.5) is 5.69 Å². The summed E-state index contributed by atoms with van der Waals surface area (Å²) in [5.41, 5.74) is 5.32. The smallest absolute Gasteiger partial charge is 0.178 e. The first-order chi connectivity index (χ1) is 13.0. The lowest BCUT2D eigenvalue weighted by Crippen LogP contribution is -2.37. The summed E-state index contributed by atoms with van der Waals surface area (Å²) in [5.74, 6) is 0.509. The van der Waals surface area contributed by atoms with Crippen LogP contribution in [0.25, 0.3) is 0 Å². The minimum Gasteiger partial charge on any atom is -0.371 e. The summed E-state index contributed by atoms with van der Waals surface area (Å²) in [6, 6.07) is 13.8. The zero-order valence-electron chi connectivity index (χ0n) is 15.9. The van der Waals surface area contributed by atoms with Crippen LogP contribution < -0.4 is 10.2 Å². The number of nitrogens with one attached hydrogen (secondary N) is 1. The summed E-state index contributed by atoms with van der Waals surface area (Å²) in [4.78, 5) is 2.92. The molecule has 0 aliphatic carbocycles. The molecular formula is C22H28N2O2S. The first-order valence-electron chi connectivity index (χ1n) is 9.89. The Morgan fingerprint density at radius 1 is 1.07 bits per heavy atom. The van der Waals surface area contributed by atoms with Gasteiger partial charge in [0, 0.05) is 25.3 Å². The molecule has 2 aromatic carbocycles. The molecule has 0 unspecified atom stereocenters. The van der Waals surface area contributed by atoms with Crippen LogP contribution in [-0.4, -0.2) is 33.8 Å². The summed E-state index contributed by atoms with van der Waals surface area (Å²) < 4.78 is 25.5. The van der Waals surface area contributed by atoms with Gasteiger partial charge in [-0.25, -0.2) is 8.42 Å². The lowest BCUT2D eigenvalue weighted by molar-refractivity contribution is 0.434. The number of piperidine rings is 1. The van der Waals surface area contributed by atoms with E-state index in [1.165, 1.54) is 16.8 Å². The fourth-order valence-corrected chi connectivity index (χ4v) is 6.00. The van der Waals surface area contributed by atoms with Crippen molar-refractivity contribution in [3.05, 3.63) is 59.2 Å². The zero-order valence-corrected chi connectivity index (χ0v) is 16.8. The number of anilines is 1. The third-order valence-electron chi connectivity index (χ3n) is 5.91. The third-order valence-corrected chi connectivity index (χ3v) is 7.81. The second-order valence-corrected chi connectivity index (χ2v) is 9.90. The van der Waals surface area contributed by atoms with Gasteiger partial charge in [0.1, 0.15) is 0 Å². The molecule has 0 amide bonds. The SMILES string of the molecule is Cc1ccc(S(=O)(=O)CC2CCN(c3cccc4c3CCNC4)CC2)cc1. The van der Waals surface area contributed by atoms with Crippen LogP contribution in [-0.2, 0) is 22.8 Å². The standard InChI is InChI=1S/C22H28N2O2S/c1-17-5-7-20(8-6-17)27(25,26)16-18-10-13-24(14-11-18)22-4-2-3-19-15-23-12-9-21(19)22/h2-8,18,23H,9-16H2,1H3. The Bertz CT molecular complexity index is 898. The Morgan fingerprint density at radius 3 is 2.56 bits per heavy atom. The van der Waals surface area contributed by atoms with Gasteiger partial charge < -0.3 is 10.2 Å². The highest BCUT2D eigenvalue weighted by Crippen LogP contribution is 2.31. The second kappa shape index (κ2) is 7.64. The summed E-state index contributed by atoms with van der Waals surface area (Å²) in [6.45, 7) is 5.85. The zero-order chi connectivity index (χ0) is 18.9. The van der Waals surface area contributed by atoms with E-state index in [1.807, 2.05) is 19.1 Å². The highest BCUT2D eigenvalue weighted by Gasteiger charge is 2.27. The Morgan fingerprint density at radius 2 is 1.81 bits per heavy atom. The fourth-order valence-electron chi connectivity index (χ4n) is 4.30. The van der Waals surface area contributed by atoms with Gasteiger partial charge >= 0.3 is 0 Å². The molecule has 4 rings (SSSR count). The van der Waals surface area contributed by atoms with E-state index in [0.29, 0.717) is 4.90 Å². The minimum atomic E-state index is -3.20. The maximum absolute atomic E-state index is 12.7. The number of nitrogens with zero attached hydrogens (tertiary/aromatic N) is 1. The van der Waals surface area contributed by atoms with Gasteiger partial charge in [-0.3, -0.25) is 0 Å². The summed E-state index contributed by atoms with van der Waals surface area (Å²) in [5, 5.41) is 3.44. The number of hydrogen-bond donors (Lipinski definition) is 1. The van der Waals surface area contributed by atoms with E-state index in [1.54, 1.807) is 12.1 Å². The van der Waals surface area contributed by atoms with Crippen molar-refractivity contribution in [1.82, 2.24) is 5.32 Å². The average Bonchev–Trinajstić information content (AvgIpc) is 2.68. The van der Waals surface area contributed by atoms with Gasteiger partial charge in [-0.15, -0.1) is 0 Å². The van der Waals surface area contributed by atoms with Crippen molar-refractivity contribution in [2.24, 2.45) is 5.92 Å². The van der Waals surface area contributed by atoms with Crippen molar-refractivity contribution in [3.63, 3.8) is 0 Å². The molecule has 27 heavy (non-hydrogen) atoms. The van der Waals surface area contributed by atoms with E-state index in [9.17, 15) is 8.42 Å². The molecule has 0 spiro atoms. The van der Waals surface area contributed by atoms with Crippen molar-refractivity contribution >= 4 is 15.5 Å². The first kappa shape index (κ1) is 18.5. The van der Waals surface area contributed by atoms with Crippen LogP contribution in [0.2, 0.25) is 0 Å². The van der Waals surface area contributed by atoms with Crippen LogP contribution >= 0.6 is 0 Å². The van der Waals surface area contributed by atoms with Gasteiger partial charge in [0.25, 0.3) is 0 Å². The van der Waals surface area contributed by atoms with Crippen LogP contribution in [0.5, 0.6) is 0 Å². The molecule has 0 saturated carbocycles. The molecule has 1 saturated heterocycles. The first-order valence-corrected chi connectivity index (χ1v) is 11.5. The highest BCUT2D eigenvalue weighted by atomic mass is 32.2. The topological polar surface area (TPSA) is 49.4 Å². The minimum absolute atomic E-state index is 0.244. The van der Waals surface area contributed by atoms with Crippen molar-refractivity contribution in [3.8, 4) is 0 Å². The van der Waals surface area contributed by atoms with Gasteiger partial charge in [0.2, 0.25) is 0 Å². The Kier molecular flexibility index (Phi) is 5.24. The molecule has 0 atom stereocenters. The number of sulfone groups is 1. The predicted octanol–water partition coefficient (Wildman–Crippen LogP) is 3.33. The predicted molar refractivity (Wildman–Crippen MR) is 110 cm³/mol. The molecule has 1 N–H and O–H groups in total. The summed E-state index contributed by atoms with van der Waals surface area (Å²) in [7, 11) is -3.20. The van der Waals surface area contributed by atoms with Gasteiger partial charge in [0.15, 0.2) is 9.84 Å². The summed E-state index contributed by atoms with van der Waals surface area (Å²) >= 11 is 0. The van der Waals surface area contributed by atoms with E-state index in [4.69, 9.17) is 0 Å². The maximum atomic E-state index is 12.7. The van der Waals surface area contributed by atoms with Crippen LogP contribution in [0.3, 0.4) is 0 Å². The molecule has 2 heterocycles. The number of fused-ring (bicyclic) bond motifs is 1. The van der Waals surface area contributed by atoms with Crippen molar-refractivity contribution in [2.45, 2.75) is 37.6 Å². The number of aryl methyl sites for hydroxylation is 1. The van der Waals surface area contributed by atoms with E-state index >= 15 is 0 Å². The van der Waals surface area contributed by atoms with E-state index in [-0.39, 0.29) is 11.7 Å². The molecule has 5 heteroatoms. The van der Waals surface area contributed by atoms with E-state index in [2.05, 4.69) is 28.4 Å². The van der Waals surface area contributed by atoms with Gasteiger partial charge in [0.05, 0.1) is 10.6 Å². The van der Waals surface area contributed by atoms with Crippen LogP contribution in [0, 0.1) is 12.8 Å². The van der Waals surface area contributed by atoms with Crippen molar-refractivity contribution in [1.29, 1.82) is 0 Å². The molecule has 2 aromatic rings. The highest BCUT2D eigenvalue weighted by molar-refractivity contribution is 7.91. The molecular weight excluding hydrogens is 356 g/mol. The lowest BCUT2D eigenvalue weighted by Gasteiger charge is -2.36. The molecule has 144 valence electrons. The quantitative estimate of drug-likeness (QED) is 0.878. The second-order valence-electron chi connectivity index (χ2n) is 7.87. The Hall–Kier alpha value is -1.85. The number of rotatable bonds is 4. The number of hydrogen-bond acceptors (Lipinski definition) is 4. The molecule has 2 aliphatic heterocycles. The molecule has 0 radical (unpaired) electrons. The Balaban J connectivity index is 1.42. The summed E-state index contributed by atoms with van der Waals surface area (Å²) in [6.07, 6.45) is 2.95. The average molecular weight is 385 g/mol. The van der Waals surface area contributed by atoms with Crippen molar-refractivity contribution in [2.75, 3.05) is 30.3 Å². The third kappa shape index (κ3) is 4.04. The van der Waals surface area contributed by atoms with E-state index < -0.39 is 9.84 Å². The fraction of sp³-hybridized carbons (Fsp3) is 0.455. The number of benzene rings is 2. The van der Waals surface area contributed by atoms with Gasteiger partial charge in [-0.05, 0) is 68.0 Å². The monoisotopic (exact) mass is 384 g/mol.